The topological polar surface area (TPSA) is 37.0 Å². The molecule has 2 unspecified atom stereocenters. The summed E-state index contributed by atoms with van der Waals surface area (Å²) in [5.41, 5.74) is 2.71. The van der Waals surface area contributed by atoms with Crippen molar-refractivity contribution < 1.29 is 0 Å². The van der Waals surface area contributed by atoms with Crippen molar-refractivity contribution in [1.82, 2.24) is 4.98 Å². The zero-order valence-electron chi connectivity index (χ0n) is 10.7. The van der Waals surface area contributed by atoms with E-state index in [9.17, 15) is 0 Å². The zero-order valence-corrected chi connectivity index (χ0v) is 10.7. The summed E-state index contributed by atoms with van der Waals surface area (Å²) >= 11 is 0. The molecule has 0 saturated heterocycles. The maximum atomic E-state index is 4.48. The van der Waals surface area contributed by atoms with Gasteiger partial charge < -0.3 is 10.6 Å². The number of aromatic nitrogens is 1. The van der Waals surface area contributed by atoms with Gasteiger partial charge in [0.15, 0.2) is 0 Å². The molecule has 0 amide bonds. The van der Waals surface area contributed by atoms with E-state index in [-0.39, 0.29) is 5.54 Å². The van der Waals surface area contributed by atoms with E-state index in [4.69, 9.17) is 0 Å². The Morgan fingerprint density at radius 2 is 2.35 bits per heavy atom. The maximum absolute atomic E-state index is 4.48. The summed E-state index contributed by atoms with van der Waals surface area (Å²) in [6, 6.07) is 2.06. The van der Waals surface area contributed by atoms with Crippen LogP contribution in [0.5, 0.6) is 0 Å². The van der Waals surface area contributed by atoms with E-state index in [1.54, 1.807) is 0 Å². The van der Waals surface area contributed by atoms with Gasteiger partial charge in [-0.15, -0.1) is 0 Å². The Morgan fingerprint density at radius 3 is 3.18 bits per heavy atom. The van der Waals surface area contributed by atoms with Gasteiger partial charge in [-0.05, 0) is 37.3 Å². The summed E-state index contributed by atoms with van der Waals surface area (Å²) in [4.78, 5) is 4.48. The van der Waals surface area contributed by atoms with Gasteiger partial charge in [0.2, 0.25) is 0 Å². The van der Waals surface area contributed by atoms with Crippen LogP contribution in [0.2, 0.25) is 0 Å². The number of hydrogen-bond acceptors (Lipinski definition) is 3. The highest BCUT2D eigenvalue weighted by Crippen LogP contribution is 2.40. The second-order valence-corrected chi connectivity index (χ2v) is 5.81. The third-order valence-corrected chi connectivity index (χ3v) is 4.24. The number of anilines is 2. The van der Waals surface area contributed by atoms with E-state index in [0.29, 0.717) is 0 Å². The molecular weight excluding hydrogens is 210 g/mol. The van der Waals surface area contributed by atoms with Crippen molar-refractivity contribution in [2.45, 2.75) is 45.1 Å². The number of fused-ring (bicyclic) bond motifs is 1. The number of hydrogen-bond donors (Lipinski definition) is 2. The average molecular weight is 231 g/mol. The van der Waals surface area contributed by atoms with Gasteiger partial charge in [0.1, 0.15) is 5.82 Å². The molecule has 2 atom stereocenters. The van der Waals surface area contributed by atoms with Crippen molar-refractivity contribution in [3.8, 4) is 0 Å². The predicted octanol–water partition coefficient (Wildman–Crippen LogP) is 3.18. The van der Waals surface area contributed by atoms with Crippen LogP contribution in [0, 0.1) is 12.8 Å². The predicted molar refractivity (Wildman–Crippen MR) is 71.4 cm³/mol. The van der Waals surface area contributed by atoms with Crippen molar-refractivity contribution in [3.63, 3.8) is 0 Å². The van der Waals surface area contributed by atoms with Crippen molar-refractivity contribution in [1.29, 1.82) is 0 Å². The summed E-state index contributed by atoms with van der Waals surface area (Å²) in [6.07, 6.45) is 7.12. The molecule has 1 aromatic rings. The van der Waals surface area contributed by atoms with Gasteiger partial charge in [-0.2, -0.15) is 0 Å². The Kier molecular flexibility index (Phi) is 2.49. The van der Waals surface area contributed by atoms with Gasteiger partial charge in [0.05, 0.1) is 11.2 Å². The third kappa shape index (κ3) is 1.88. The van der Waals surface area contributed by atoms with Gasteiger partial charge in [-0.25, -0.2) is 4.98 Å². The van der Waals surface area contributed by atoms with Crippen molar-refractivity contribution in [3.05, 3.63) is 17.8 Å². The molecule has 3 nitrogen and oxygen atoms in total. The fourth-order valence-electron chi connectivity index (χ4n) is 3.36. The molecule has 2 aliphatic rings. The van der Waals surface area contributed by atoms with Gasteiger partial charge in [0, 0.05) is 12.7 Å². The largest absolute Gasteiger partial charge is 0.379 e. The van der Waals surface area contributed by atoms with Crippen LogP contribution in [0.4, 0.5) is 11.5 Å². The van der Waals surface area contributed by atoms with Crippen LogP contribution in [0.3, 0.4) is 0 Å². The first-order valence-corrected chi connectivity index (χ1v) is 6.66. The molecule has 3 heteroatoms. The van der Waals surface area contributed by atoms with E-state index in [1.807, 2.05) is 6.20 Å². The lowest BCUT2D eigenvalue weighted by atomic mass is 9.75. The van der Waals surface area contributed by atoms with Crippen LogP contribution in [0.15, 0.2) is 12.3 Å². The average Bonchev–Trinajstić information content (AvgIpc) is 2.28. The third-order valence-electron chi connectivity index (χ3n) is 4.24. The standard InChI is InChI=1S/C14H21N3/c1-10-4-3-6-14(8-10)9-16-12-11(2)5-7-15-13(12)17-14/h5,7,10,16H,3-4,6,8-9H2,1-2H3,(H,15,17). The second kappa shape index (κ2) is 3.90. The SMILES string of the molecule is Cc1ccnc2c1NCC1(CCCC(C)C1)N2. The molecule has 17 heavy (non-hydrogen) atoms. The Balaban J connectivity index is 1.89. The van der Waals surface area contributed by atoms with E-state index in [0.717, 1.165) is 18.3 Å². The van der Waals surface area contributed by atoms with Crippen molar-refractivity contribution >= 4 is 11.5 Å². The van der Waals surface area contributed by atoms with Crippen LogP contribution in [-0.2, 0) is 0 Å². The minimum atomic E-state index is 0.242. The number of pyridine rings is 1. The van der Waals surface area contributed by atoms with Crippen LogP contribution in [0.25, 0.3) is 0 Å². The summed E-state index contributed by atoms with van der Waals surface area (Å²) in [5.74, 6) is 1.87. The quantitative estimate of drug-likeness (QED) is 0.720. The van der Waals surface area contributed by atoms with Crippen LogP contribution < -0.4 is 10.6 Å². The monoisotopic (exact) mass is 231 g/mol. The van der Waals surface area contributed by atoms with E-state index >= 15 is 0 Å². The van der Waals surface area contributed by atoms with Crippen LogP contribution >= 0.6 is 0 Å². The fourth-order valence-corrected chi connectivity index (χ4v) is 3.36. The lowest BCUT2D eigenvalue weighted by Crippen LogP contribution is -2.51. The van der Waals surface area contributed by atoms with Crippen molar-refractivity contribution in [2.24, 2.45) is 5.92 Å². The summed E-state index contributed by atoms with van der Waals surface area (Å²) in [7, 11) is 0. The molecule has 3 rings (SSSR count). The molecule has 1 fully saturated rings. The summed E-state index contributed by atoms with van der Waals surface area (Å²) in [6.45, 7) is 5.54. The van der Waals surface area contributed by atoms with Crippen molar-refractivity contribution in [2.75, 3.05) is 17.2 Å². The lowest BCUT2D eigenvalue weighted by molar-refractivity contribution is 0.265. The Morgan fingerprint density at radius 1 is 1.47 bits per heavy atom. The van der Waals surface area contributed by atoms with Crippen LogP contribution in [0.1, 0.15) is 38.2 Å². The number of aryl methyl sites for hydroxylation is 1. The second-order valence-electron chi connectivity index (χ2n) is 5.81. The first kappa shape index (κ1) is 10.9. The first-order chi connectivity index (χ1) is 8.19. The van der Waals surface area contributed by atoms with E-state index in [1.165, 1.54) is 36.9 Å². The highest BCUT2D eigenvalue weighted by molar-refractivity contribution is 5.71. The molecule has 1 saturated carbocycles. The Bertz CT molecular complexity index is 429. The van der Waals surface area contributed by atoms with Gasteiger partial charge in [-0.1, -0.05) is 19.8 Å². The summed E-state index contributed by atoms with van der Waals surface area (Å²) in [5, 5.41) is 7.30. The van der Waals surface area contributed by atoms with Gasteiger partial charge in [0.25, 0.3) is 0 Å². The molecule has 0 bridgehead atoms. The number of nitrogens with zero attached hydrogens (tertiary/aromatic N) is 1. The normalized spacial score (nSPS) is 31.5. The number of rotatable bonds is 0. The number of nitrogens with one attached hydrogen (secondary N) is 2. The molecule has 92 valence electrons. The molecule has 1 spiro atoms. The Labute approximate surface area is 103 Å². The molecule has 0 radical (unpaired) electrons. The highest BCUT2D eigenvalue weighted by Gasteiger charge is 2.38. The van der Waals surface area contributed by atoms with Gasteiger partial charge >= 0.3 is 0 Å². The minimum Gasteiger partial charge on any atom is -0.379 e. The Hall–Kier alpha value is -1.25. The molecule has 1 aromatic heterocycles. The minimum absolute atomic E-state index is 0.242. The molecule has 1 aliphatic carbocycles. The maximum Gasteiger partial charge on any atom is 0.150 e. The van der Waals surface area contributed by atoms with E-state index < -0.39 is 0 Å². The zero-order chi connectivity index (χ0) is 11.9. The fraction of sp³-hybridized carbons (Fsp3) is 0.643. The lowest BCUT2D eigenvalue weighted by Gasteiger charge is -2.44. The highest BCUT2D eigenvalue weighted by atomic mass is 15.2. The first-order valence-electron chi connectivity index (χ1n) is 6.66. The summed E-state index contributed by atoms with van der Waals surface area (Å²) < 4.78 is 0. The molecule has 0 aromatic carbocycles. The van der Waals surface area contributed by atoms with Gasteiger partial charge in [-0.3, -0.25) is 0 Å². The molecule has 2 N–H and O–H groups in total. The van der Waals surface area contributed by atoms with E-state index in [2.05, 4.69) is 35.5 Å². The molecule has 2 heterocycles. The molecule has 1 aliphatic heterocycles. The smallest absolute Gasteiger partial charge is 0.150 e. The molecular formula is C14H21N3. The van der Waals surface area contributed by atoms with Crippen LogP contribution in [-0.4, -0.2) is 17.1 Å².